The highest BCUT2D eigenvalue weighted by molar-refractivity contribution is 7.83. The summed E-state index contributed by atoms with van der Waals surface area (Å²) in [5, 5.41) is 0. The lowest BCUT2D eigenvalue weighted by molar-refractivity contribution is 0.530. The number of hydrogen-bond donors (Lipinski definition) is 0. The fourth-order valence-electron chi connectivity index (χ4n) is 3.59. The second-order valence-corrected chi connectivity index (χ2v) is 146. The molecule has 1 atom stereocenters. The largest absolute Gasteiger partial charge is 0.457 e. The van der Waals surface area contributed by atoms with Gasteiger partial charge < -0.3 is 115 Å². The van der Waals surface area contributed by atoms with Crippen LogP contribution < -0.4 is 0 Å². The van der Waals surface area contributed by atoms with Gasteiger partial charge in [0.2, 0.25) is 25.7 Å². The maximum atomic E-state index is 12.9. The van der Waals surface area contributed by atoms with Gasteiger partial charge in [-0.15, -0.1) is 0 Å². The normalized spacial score (nSPS) is 11.4. The van der Waals surface area contributed by atoms with Crippen LogP contribution in [0.3, 0.4) is 0 Å². The lowest BCUT2D eigenvalue weighted by atomic mass is 11.8. The molecule has 1 unspecified atom stereocenters. The van der Waals surface area contributed by atoms with Crippen molar-refractivity contribution in [1.29, 1.82) is 0 Å². The highest BCUT2D eigenvalue weighted by Crippen LogP contribution is 2.14. The Morgan fingerprint density at radius 1 is 0.367 bits per heavy atom. The fourth-order valence-corrected chi connectivity index (χ4v) is 305. The van der Waals surface area contributed by atoms with Crippen molar-refractivity contribution in [2.24, 2.45) is 0 Å². The van der Waals surface area contributed by atoms with E-state index in [1.165, 1.54) is 19.6 Å². The fraction of sp³-hybridized carbons (Fsp3) is 1.00. The zero-order valence-corrected chi connectivity index (χ0v) is 59.7. The van der Waals surface area contributed by atoms with Gasteiger partial charge in [0.1, 0.15) is 0 Å². The first kappa shape index (κ1) is 61.2. The van der Waals surface area contributed by atoms with Gasteiger partial charge in [0, 0.05) is 0 Å². The lowest BCUT2D eigenvalue weighted by Gasteiger charge is -2.28. The van der Waals surface area contributed by atoms with Crippen LogP contribution in [0, 0.1) is 0 Å². The van der Waals surface area contributed by atoms with Crippen LogP contribution in [-0.2, 0) is 115 Å². The molecule has 314 valence electrons. The third-order valence-corrected chi connectivity index (χ3v) is 210. The first-order chi connectivity index (χ1) is 27.1. The quantitative estimate of drug-likeness (QED) is 0.0628. The molecule has 0 aliphatic rings. The average Bonchev–Trinajstić information content (AvgIpc) is 3.20. The molecule has 0 aromatic rings. The maximum Gasteiger partial charge on any atom is 0.381 e. The average molecular weight is 1300 g/mol. The summed E-state index contributed by atoms with van der Waals surface area (Å²) in [4.78, 5) is 0. The van der Waals surface area contributed by atoms with Crippen LogP contribution >= 0.6 is 0 Å². The van der Waals surface area contributed by atoms with E-state index in [1.807, 2.05) is 0 Å². The predicted octanol–water partition coefficient (Wildman–Crippen LogP) is -11.2. The smallest absolute Gasteiger partial charge is 0.381 e. The van der Waals surface area contributed by atoms with Crippen molar-refractivity contribution in [2.75, 3.05) is 0 Å². The summed E-state index contributed by atoms with van der Waals surface area (Å²) in [6.45, 7) is 9.35. The summed E-state index contributed by atoms with van der Waals surface area (Å²) in [5.74, 6) is 0. The minimum atomic E-state index is -4.56. The molecular weight excluding hydrogens is 1270 g/mol. The zero-order valence-electron chi connectivity index (χ0n) is 31.0. The van der Waals surface area contributed by atoms with E-state index in [9.17, 15) is 107 Å². The first-order valence-electron chi connectivity index (χ1n) is 15.4. The van der Waals surface area contributed by atoms with Crippen LogP contribution in [0.1, 0.15) is 0 Å². The molecule has 0 spiro atoms. The minimum absolute atomic E-state index is 1.35. The summed E-state index contributed by atoms with van der Waals surface area (Å²) in [6, 6.07) is 0. The molecule has 0 radical (unpaired) electrons. The van der Waals surface area contributed by atoms with Crippen LogP contribution in [0.4, 0.5) is 0 Å². The van der Waals surface area contributed by atoms with Gasteiger partial charge in [-0.3, -0.25) is 0 Å². The Balaban J connectivity index is 5.81. The predicted molar refractivity (Wildman–Crippen MR) is 221 cm³/mol. The summed E-state index contributed by atoms with van der Waals surface area (Å²) >= 11 is 0. The van der Waals surface area contributed by atoms with Crippen molar-refractivity contribution in [2.45, 2.75) is 39.3 Å². The van der Waals surface area contributed by atoms with Crippen LogP contribution in [0.2, 0.25) is 39.3 Å². The Hall–Kier alpha value is 1.19. The highest BCUT2D eigenvalue weighted by atomic mass is 30.1. The number of rotatable bonds is 29. The third kappa shape index (κ3) is 17.1. The van der Waals surface area contributed by atoms with Gasteiger partial charge in [-0.1, -0.05) is 0 Å². The molecule has 0 aromatic heterocycles. The molecule has 0 aliphatic carbocycles. The van der Waals surface area contributed by atoms with Crippen molar-refractivity contribution in [1.82, 2.24) is 0 Å². The van der Waals surface area contributed by atoms with Crippen LogP contribution in [0.25, 0.3) is 0 Å². The molecule has 26 nitrogen and oxygen atoms in total. The van der Waals surface area contributed by atoms with Gasteiger partial charge in [0.25, 0.3) is 8.92 Å². The molecule has 0 aliphatic heterocycles. The van der Waals surface area contributed by atoms with Gasteiger partial charge in [-0.05, 0) is 39.3 Å². The Morgan fingerprint density at radius 2 is 0.567 bits per heavy atom. The molecule has 0 saturated heterocycles. The SMILES string of the molecule is C[SiH](O[SiH2][Si](=O)[Si](=O)[Si](=O)[Si](=O)[Si](=O)[Si](=O)[Si](=O)[Si](=O)[Si](=O)[Si](=O)[Si](=O)[Si](=O)[Si](=O)[Si](=O)[Si](=O)[Si](=O)[Si](=O)[Si](=O)[Si](=O)[Si](=O)[Si](=O)[Si](=O)[Si](=O)[Si](C)(C)O[Si](C)(C)C)[SiH]=O. The molecule has 0 aromatic carbocycles. The minimum Gasteiger partial charge on any atom is -0.457 e. The van der Waals surface area contributed by atoms with Gasteiger partial charge >= 0.3 is 178 Å². The molecule has 54 heteroatoms. The summed E-state index contributed by atoms with van der Waals surface area (Å²) in [5.41, 5.74) is 0. The summed E-state index contributed by atoms with van der Waals surface area (Å²) in [7, 11) is -109. The van der Waals surface area contributed by atoms with Crippen LogP contribution in [0.5, 0.6) is 0 Å². The molecule has 0 bridgehead atoms. The Kier molecular flexibility index (Phi) is 27.0. The van der Waals surface area contributed by atoms with E-state index in [0.717, 1.165) is 0 Å². The molecule has 0 rings (SSSR count). The maximum absolute atomic E-state index is 12.9. The van der Waals surface area contributed by atoms with Crippen molar-refractivity contribution in [3.8, 4) is 0 Å². The topological polar surface area (TPSA) is 428 Å². The van der Waals surface area contributed by atoms with Crippen LogP contribution in [0.15, 0.2) is 0 Å². The molecule has 0 fully saturated rings. The third-order valence-electron chi connectivity index (χ3n) is 6.36. The van der Waals surface area contributed by atoms with Crippen molar-refractivity contribution in [3.05, 3.63) is 0 Å². The van der Waals surface area contributed by atoms with Gasteiger partial charge in [-0.2, -0.15) is 0 Å². The Bertz CT molecular complexity index is 2300. The molecule has 60 heavy (non-hydrogen) atoms. The van der Waals surface area contributed by atoms with E-state index in [1.54, 1.807) is 19.6 Å². The van der Waals surface area contributed by atoms with E-state index >= 15 is 0 Å². The first-order valence-corrected chi connectivity index (χ1v) is 84.8. The van der Waals surface area contributed by atoms with Gasteiger partial charge in [0.15, 0.2) is 8.32 Å². The highest BCUT2D eigenvalue weighted by Gasteiger charge is 2.58. The van der Waals surface area contributed by atoms with Crippen molar-refractivity contribution < 1.29 is 115 Å². The van der Waals surface area contributed by atoms with Crippen LogP contribution in [-0.4, -0.2) is 220 Å². The Labute approximate surface area is 371 Å². The van der Waals surface area contributed by atoms with Gasteiger partial charge in [0.05, 0.1) is 0 Å². The van der Waals surface area contributed by atoms with E-state index in [0.29, 0.717) is 0 Å². The zero-order chi connectivity index (χ0) is 47.7. The molecule has 0 saturated carbocycles. The number of hydrogen-bond acceptors (Lipinski definition) is 26. The van der Waals surface area contributed by atoms with Gasteiger partial charge in [-0.25, -0.2) is 0 Å². The molecular formula is C6H22O26Si28. The monoisotopic (exact) mass is 1290 g/mol. The lowest BCUT2D eigenvalue weighted by Crippen LogP contribution is -2.59. The standard InChI is InChI=1S/C6H22O26Si28/c1-35(33-7)31-34-36(8)37(9)38(10)39(11)40(12)41(13)42(14)43(15)44(16)45(17)46(18)47(19)48(20)49(21)50(22)51(23)52(24)53(25)54(26)55(27)56(28)57(29)58(30)60(5,6)32-59(2,3)4/h33,35H,34H2,1-6H3. The second kappa shape index (κ2) is 26.5. The van der Waals surface area contributed by atoms with E-state index in [-0.39, 0.29) is 0 Å². The molecule has 0 amide bonds. The van der Waals surface area contributed by atoms with Crippen molar-refractivity contribution >= 4 is 220 Å². The van der Waals surface area contributed by atoms with E-state index in [2.05, 4.69) is 0 Å². The Morgan fingerprint density at radius 3 is 0.767 bits per heavy atom. The summed E-state index contributed by atoms with van der Waals surface area (Å²) in [6.07, 6.45) is 0. The second-order valence-electron chi connectivity index (χ2n) is 12.5. The van der Waals surface area contributed by atoms with E-state index in [4.69, 9.17) is 8.23 Å². The molecule has 0 N–H and O–H groups in total. The van der Waals surface area contributed by atoms with E-state index < -0.39 is 220 Å². The molecule has 0 heterocycles. The van der Waals surface area contributed by atoms with Crippen molar-refractivity contribution in [3.63, 3.8) is 0 Å². The summed E-state index contributed by atoms with van der Waals surface area (Å²) < 4.78 is 312.